The summed E-state index contributed by atoms with van der Waals surface area (Å²) in [6, 6.07) is 12.9. The van der Waals surface area contributed by atoms with Crippen LogP contribution in [0.4, 0.5) is 0 Å². The van der Waals surface area contributed by atoms with Gasteiger partial charge in [0.05, 0.1) is 12.1 Å². The highest BCUT2D eigenvalue weighted by Gasteiger charge is 2.09. The lowest BCUT2D eigenvalue weighted by molar-refractivity contribution is 0.414. The van der Waals surface area contributed by atoms with Crippen LogP contribution in [0.3, 0.4) is 0 Å². The quantitative estimate of drug-likeness (QED) is 0.353. The zero-order valence-electron chi connectivity index (χ0n) is 13.2. The van der Waals surface area contributed by atoms with E-state index in [4.69, 9.17) is 32.4 Å². The molecule has 130 valence electrons. The van der Waals surface area contributed by atoms with E-state index < -0.39 is 0 Å². The smallest absolute Gasteiger partial charge is 0.276 e. The van der Waals surface area contributed by atoms with Gasteiger partial charge in [-0.05, 0) is 42.5 Å². The standard InChI is InChI=1S/C17H14Cl2N2O2S2/c1-22-13-5-2-11(3-6-13)16-20-21-17(23-16)25-9-8-24-15-10-12(18)4-7-14(15)19/h2-7,10H,8-9H2,1H3. The third-order valence-electron chi connectivity index (χ3n) is 3.20. The van der Waals surface area contributed by atoms with E-state index in [1.54, 1.807) is 31.0 Å². The van der Waals surface area contributed by atoms with Crippen molar-refractivity contribution in [3.63, 3.8) is 0 Å². The monoisotopic (exact) mass is 412 g/mol. The molecule has 0 aliphatic rings. The predicted molar refractivity (Wildman–Crippen MR) is 104 cm³/mol. The van der Waals surface area contributed by atoms with Gasteiger partial charge in [0.15, 0.2) is 0 Å². The molecule has 0 saturated heterocycles. The second kappa shape index (κ2) is 8.85. The van der Waals surface area contributed by atoms with E-state index in [1.807, 2.05) is 30.3 Å². The minimum Gasteiger partial charge on any atom is -0.497 e. The van der Waals surface area contributed by atoms with E-state index in [9.17, 15) is 0 Å². The van der Waals surface area contributed by atoms with Crippen LogP contribution >= 0.6 is 46.7 Å². The molecule has 0 atom stereocenters. The second-order valence-electron chi connectivity index (χ2n) is 4.87. The van der Waals surface area contributed by atoms with Gasteiger partial charge in [0, 0.05) is 27.0 Å². The minimum absolute atomic E-state index is 0.496. The number of aromatic nitrogens is 2. The zero-order chi connectivity index (χ0) is 17.6. The molecule has 0 unspecified atom stereocenters. The van der Waals surface area contributed by atoms with Gasteiger partial charge in [0.1, 0.15) is 5.75 Å². The molecule has 1 aromatic heterocycles. The predicted octanol–water partition coefficient (Wildman–Crippen LogP) is 5.94. The molecule has 0 radical (unpaired) electrons. The van der Waals surface area contributed by atoms with E-state index in [1.165, 1.54) is 11.8 Å². The summed E-state index contributed by atoms with van der Waals surface area (Å²) in [6.45, 7) is 0. The number of methoxy groups -OCH3 is 1. The summed E-state index contributed by atoms with van der Waals surface area (Å²) in [7, 11) is 1.63. The Morgan fingerprint density at radius 1 is 1.00 bits per heavy atom. The summed E-state index contributed by atoms with van der Waals surface area (Å²) in [5.41, 5.74) is 0.861. The number of ether oxygens (including phenoxy) is 1. The third-order valence-corrected chi connectivity index (χ3v) is 6.02. The molecular weight excluding hydrogens is 399 g/mol. The number of hydrogen-bond donors (Lipinski definition) is 0. The van der Waals surface area contributed by atoms with Crippen LogP contribution in [0.15, 0.2) is 57.0 Å². The lowest BCUT2D eigenvalue weighted by atomic mass is 10.2. The molecule has 0 saturated carbocycles. The summed E-state index contributed by atoms with van der Waals surface area (Å²) in [5, 5.41) is 10.1. The number of thioether (sulfide) groups is 2. The summed E-state index contributed by atoms with van der Waals surface area (Å²) >= 11 is 15.3. The summed E-state index contributed by atoms with van der Waals surface area (Å²) in [5.74, 6) is 2.95. The van der Waals surface area contributed by atoms with Crippen LogP contribution in [0.1, 0.15) is 0 Å². The van der Waals surface area contributed by atoms with E-state index in [2.05, 4.69) is 10.2 Å². The fourth-order valence-corrected chi connectivity index (χ4v) is 4.22. The zero-order valence-corrected chi connectivity index (χ0v) is 16.4. The van der Waals surface area contributed by atoms with Gasteiger partial charge in [-0.15, -0.1) is 22.0 Å². The normalized spacial score (nSPS) is 10.8. The molecule has 1 heterocycles. The van der Waals surface area contributed by atoms with Crippen LogP contribution in [0.25, 0.3) is 11.5 Å². The maximum absolute atomic E-state index is 6.15. The van der Waals surface area contributed by atoms with Crippen LogP contribution in [0.2, 0.25) is 10.0 Å². The minimum atomic E-state index is 0.496. The fourth-order valence-electron chi connectivity index (χ4n) is 1.99. The highest BCUT2D eigenvalue weighted by atomic mass is 35.5. The molecule has 3 aromatic rings. The van der Waals surface area contributed by atoms with Crippen molar-refractivity contribution in [2.24, 2.45) is 0 Å². The van der Waals surface area contributed by atoms with Gasteiger partial charge in [-0.3, -0.25) is 0 Å². The molecule has 8 heteroatoms. The lowest BCUT2D eigenvalue weighted by Gasteiger charge is -2.03. The Morgan fingerprint density at radius 2 is 1.76 bits per heavy atom. The fraction of sp³-hybridized carbons (Fsp3) is 0.176. The van der Waals surface area contributed by atoms with Crippen molar-refractivity contribution in [2.75, 3.05) is 18.6 Å². The molecule has 0 aliphatic heterocycles. The Balaban J connectivity index is 1.52. The van der Waals surface area contributed by atoms with Crippen molar-refractivity contribution in [1.29, 1.82) is 0 Å². The van der Waals surface area contributed by atoms with E-state index in [-0.39, 0.29) is 0 Å². The van der Waals surface area contributed by atoms with Gasteiger partial charge < -0.3 is 9.15 Å². The van der Waals surface area contributed by atoms with Gasteiger partial charge in [0.2, 0.25) is 5.89 Å². The van der Waals surface area contributed by atoms with Gasteiger partial charge in [0.25, 0.3) is 5.22 Å². The number of rotatable bonds is 7. The topological polar surface area (TPSA) is 48.2 Å². The Bertz CT molecular complexity index is 841. The Morgan fingerprint density at radius 3 is 2.52 bits per heavy atom. The van der Waals surface area contributed by atoms with Crippen LogP contribution in [-0.2, 0) is 0 Å². The third kappa shape index (κ3) is 5.07. The highest BCUT2D eigenvalue weighted by molar-refractivity contribution is 8.02. The Kier molecular flexibility index (Phi) is 6.53. The lowest BCUT2D eigenvalue weighted by Crippen LogP contribution is -1.85. The van der Waals surface area contributed by atoms with Crippen LogP contribution in [-0.4, -0.2) is 28.8 Å². The molecule has 0 fully saturated rings. The number of nitrogens with zero attached hydrogens (tertiary/aromatic N) is 2. The van der Waals surface area contributed by atoms with Crippen molar-refractivity contribution >= 4 is 46.7 Å². The number of hydrogen-bond acceptors (Lipinski definition) is 6. The van der Waals surface area contributed by atoms with Gasteiger partial charge in [-0.2, -0.15) is 0 Å². The van der Waals surface area contributed by atoms with Crippen molar-refractivity contribution < 1.29 is 9.15 Å². The highest BCUT2D eigenvalue weighted by Crippen LogP contribution is 2.31. The van der Waals surface area contributed by atoms with E-state index in [0.29, 0.717) is 21.2 Å². The first-order chi connectivity index (χ1) is 12.2. The van der Waals surface area contributed by atoms with Crippen molar-refractivity contribution in [1.82, 2.24) is 10.2 Å². The number of benzene rings is 2. The Hall–Kier alpha value is -1.34. The molecule has 0 spiro atoms. The molecule has 3 rings (SSSR count). The number of halogens is 2. The maximum Gasteiger partial charge on any atom is 0.276 e. The maximum atomic E-state index is 6.15. The average molecular weight is 413 g/mol. The molecule has 0 amide bonds. The van der Waals surface area contributed by atoms with Gasteiger partial charge in [-0.1, -0.05) is 35.0 Å². The summed E-state index contributed by atoms with van der Waals surface area (Å²) < 4.78 is 10.8. The first-order valence-corrected chi connectivity index (χ1v) is 10.1. The molecule has 2 aromatic carbocycles. The molecule has 25 heavy (non-hydrogen) atoms. The van der Waals surface area contributed by atoms with E-state index in [0.717, 1.165) is 27.7 Å². The molecular formula is C17H14Cl2N2O2S2. The SMILES string of the molecule is COc1ccc(-c2nnc(SCCSc3cc(Cl)ccc3Cl)o2)cc1. The van der Waals surface area contributed by atoms with Crippen molar-refractivity contribution in [3.05, 3.63) is 52.5 Å². The van der Waals surface area contributed by atoms with Crippen molar-refractivity contribution in [2.45, 2.75) is 10.1 Å². The summed E-state index contributed by atoms with van der Waals surface area (Å²) in [6.07, 6.45) is 0. The average Bonchev–Trinajstić information content (AvgIpc) is 3.10. The molecule has 0 bridgehead atoms. The first kappa shape index (κ1) is 18.5. The molecule has 4 nitrogen and oxygen atoms in total. The van der Waals surface area contributed by atoms with Crippen molar-refractivity contribution in [3.8, 4) is 17.2 Å². The first-order valence-electron chi connectivity index (χ1n) is 7.34. The van der Waals surface area contributed by atoms with Gasteiger partial charge >= 0.3 is 0 Å². The second-order valence-corrected chi connectivity index (χ2v) is 7.90. The van der Waals surface area contributed by atoms with Crippen LogP contribution < -0.4 is 4.74 Å². The van der Waals surface area contributed by atoms with Crippen LogP contribution in [0, 0.1) is 0 Å². The van der Waals surface area contributed by atoms with Gasteiger partial charge in [-0.25, -0.2) is 0 Å². The summed E-state index contributed by atoms with van der Waals surface area (Å²) in [4.78, 5) is 0.971. The molecule has 0 N–H and O–H groups in total. The van der Waals surface area contributed by atoms with E-state index >= 15 is 0 Å². The molecule has 0 aliphatic carbocycles. The Labute approximate surface area is 164 Å². The largest absolute Gasteiger partial charge is 0.497 e. The van der Waals surface area contributed by atoms with Crippen LogP contribution in [0.5, 0.6) is 5.75 Å².